The molecular formula is C19H18ClN5O. The van der Waals surface area contributed by atoms with Crippen LogP contribution in [-0.2, 0) is 4.79 Å². The van der Waals surface area contributed by atoms with Gasteiger partial charge < -0.3 is 10.2 Å². The Morgan fingerprint density at radius 2 is 1.81 bits per heavy atom. The van der Waals surface area contributed by atoms with E-state index >= 15 is 0 Å². The number of halogens is 1. The van der Waals surface area contributed by atoms with Gasteiger partial charge in [-0.3, -0.25) is 9.36 Å². The molecule has 0 aliphatic carbocycles. The summed E-state index contributed by atoms with van der Waals surface area (Å²) in [5, 5.41) is 11.3. The zero-order chi connectivity index (χ0) is 17.9. The summed E-state index contributed by atoms with van der Waals surface area (Å²) in [4.78, 5) is 14.8. The van der Waals surface area contributed by atoms with Gasteiger partial charge in [0.25, 0.3) is 0 Å². The lowest BCUT2D eigenvalue weighted by molar-refractivity contribution is -0.119. The van der Waals surface area contributed by atoms with Crippen molar-refractivity contribution in [2.24, 2.45) is 5.92 Å². The van der Waals surface area contributed by atoms with Gasteiger partial charge in [-0.2, -0.15) is 0 Å². The molecule has 1 fully saturated rings. The maximum Gasteiger partial charge on any atom is 0.229 e. The van der Waals surface area contributed by atoms with Crippen molar-refractivity contribution >= 4 is 28.9 Å². The van der Waals surface area contributed by atoms with Gasteiger partial charge >= 0.3 is 0 Å². The van der Waals surface area contributed by atoms with Crippen LogP contribution < -0.4 is 10.2 Å². The first-order chi connectivity index (χ1) is 12.7. The molecule has 26 heavy (non-hydrogen) atoms. The van der Waals surface area contributed by atoms with E-state index in [1.165, 1.54) is 0 Å². The maximum atomic E-state index is 12.6. The van der Waals surface area contributed by atoms with Crippen molar-refractivity contribution in [3.8, 4) is 5.69 Å². The van der Waals surface area contributed by atoms with Crippen LogP contribution in [0.5, 0.6) is 0 Å². The zero-order valence-corrected chi connectivity index (χ0v) is 14.8. The van der Waals surface area contributed by atoms with Crippen LogP contribution in [0.1, 0.15) is 6.42 Å². The van der Waals surface area contributed by atoms with Gasteiger partial charge in [-0.05, 0) is 42.8 Å². The van der Waals surface area contributed by atoms with Crippen LogP contribution in [0.15, 0.2) is 61.2 Å². The fourth-order valence-electron chi connectivity index (χ4n) is 3.20. The number of carbonyl (C=O) groups excluding carboxylic acids is 1. The van der Waals surface area contributed by atoms with Crippen LogP contribution in [0.3, 0.4) is 0 Å². The number of amides is 1. The summed E-state index contributed by atoms with van der Waals surface area (Å²) in [6.45, 7) is 1.50. The molecular weight excluding hydrogens is 350 g/mol. The van der Waals surface area contributed by atoms with Crippen LogP contribution in [0.25, 0.3) is 5.69 Å². The summed E-state index contributed by atoms with van der Waals surface area (Å²) in [7, 11) is 0. The number of hydrogen-bond donors (Lipinski definition) is 1. The standard InChI is InChI=1S/C19H18ClN5O/c20-17-3-1-2-4-18(17)24-10-9-14(11-24)19(26)23-15-5-7-16(8-6-15)25-12-21-22-13-25/h1-8,12-14H,9-11H2,(H,23,26)/t14-/m1/s1. The van der Waals surface area contributed by atoms with E-state index in [2.05, 4.69) is 20.4 Å². The van der Waals surface area contributed by atoms with Crippen molar-refractivity contribution in [1.29, 1.82) is 0 Å². The number of nitrogens with zero attached hydrogens (tertiary/aromatic N) is 4. The van der Waals surface area contributed by atoms with Gasteiger partial charge in [-0.1, -0.05) is 23.7 Å². The van der Waals surface area contributed by atoms with E-state index in [1.54, 1.807) is 12.7 Å². The lowest BCUT2D eigenvalue weighted by Gasteiger charge is -2.19. The number of nitrogens with one attached hydrogen (secondary N) is 1. The second-order valence-corrected chi connectivity index (χ2v) is 6.70. The SMILES string of the molecule is O=C(Nc1ccc(-n2cnnc2)cc1)[C@@H]1CCN(c2ccccc2Cl)C1. The third-order valence-corrected chi connectivity index (χ3v) is 4.92. The third-order valence-electron chi connectivity index (χ3n) is 4.60. The number of benzene rings is 2. The molecule has 6 nitrogen and oxygen atoms in total. The smallest absolute Gasteiger partial charge is 0.229 e. The highest BCUT2D eigenvalue weighted by Gasteiger charge is 2.29. The minimum absolute atomic E-state index is 0.0385. The fourth-order valence-corrected chi connectivity index (χ4v) is 3.45. The van der Waals surface area contributed by atoms with Crippen molar-refractivity contribution in [2.45, 2.75) is 6.42 Å². The molecule has 0 unspecified atom stereocenters. The monoisotopic (exact) mass is 367 g/mol. The second kappa shape index (κ2) is 7.17. The van der Waals surface area contributed by atoms with E-state index in [0.717, 1.165) is 35.1 Å². The normalized spacial score (nSPS) is 16.7. The highest BCUT2D eigenvalue weighted by Crippen LogP contribution is 2.30. The van der Waals surface area contributed by atoms with Crippen molar-refractivity contribution in [3.05, 3.63) is 66.2 Å². The summed E-state index contributed by atoms with van der Waals surface area (Å²) in [6.07, 6.45) is 4.08. The van der Waals surface area contributed by atoms with Gasteiger partial charge in [0, 0.05) is 24.5 Å². The lowest BCUT2D eigenvalue weighted by Crippen LogP contribution is -2.27. The number of hydrogen-bond acceptors (Lipinski definition) is 4. The molecule has 1 atom stereocenters. The van der Waals surface area contributed by atoms with Crippen LogP contribution in [0, 0.1) is 5.92 Å². The Hall–Kier alpha value is -2.86. The van der Waals surface area contributed by atoms with E-state index in [4.69, 9.17) is 11.6 Å². The summed E-state index contributed by atoms with van der Waals surface area (Å²) in [5.41, 5.74) is 2.71. The summed E-state index contributed by atoms with van der Waals surface area (Å²) in [6, 6.07) is 15.4. The summed E-state index contributed by atoms with van der Waals surface area (Å²) < 4.78 is 1.81. The molecule has 1 N–H and O–H groups in total. The van der Waals surface area contributed by atoms with E-state index in [-0.39, 0.29) is 11.8 Å². The molecule has 0 spiro atoms. The Labute approximate surface area is 156 Å². The molecule has 1 aliphatic rings. The first-order valence-electron chi connectivity index (χ1n) is 8.46. The first-order valence-corrected chi connectivity index (χ1v) is 8.84. The van der Waals surface area contributed by atoms with Crippen LogP contribution in [-0.4, -0.2) is 33.8 Å². The Kier molecular flexibility index (Phi) is 4.58. The topological polar surface area (TPSA) is 63.1 Å². The van der Waals surface area contributed by atoms with Crippen molar-refractivity contribution < 1.29 is 4.79 Å². The van der Waals surface area contributed by atoms with Crippen LogP contribution >= 0.6 is 11.6 Å². The van der Waals surface area contributed by atoms with Crippen molar-refractivity contribution in [2.75, 3.05) is 23.3 Å². The maximum absolute atomic E-state index is 12.6. The Morgan fingerprint density at radius 1 is 1.08 bits per heavy atom. The number of rotatable bonds is 4. The Bertz CT molecular complexity index is 895. The van der Waals surface area contributed by atoms with E-state index in [1.807, 2.05) is 53.1 Å². The van der Waals surface area contributed by atoms with Gasteiger partial charge in [0.05, 0.1) is 16.6 Å². The Balaban J connectivity index is 1.39. The number of aromatic nitrogens is 3. The molecule has 7 heteroatoms. The minimum Gasteiger partial charge on any atom is -0.370 e. The molecule has 1 amide bonds. The van der Waals surface area contributed by atoms with Gasteiger partial charge in [0.1, 0.15) is 12.7 Å². The van der Waals surface area contributed by atoms with E-state index in [0.29, 0.717) is 6.54 Å². The first kappa shape index (κ1) is 16.6. The predicted octanol–water partition coefficient (Wildman–Crippen LogP) is 3.39. The molecule has 0 radical (unpaired) electrons. The van der Waals surface area contributed by atoms with E-state index in [9.17, 15) is 4.79 Å². The molecule has 1 aliphatic heterocycles. The van der Waals surface area contributed by atoms with Crippen molar-refractivity contribution in [3.63, 3.8) is 0 Å². The number of anilines is 2. The molecule has 1 aromatic heterocycles. The highest BCUT2D eigenvalue weighted by atomic mass is 35.5. The Morgan fingerprint density at radius 3 is 2.54 bits per heavy atom. The molecule has 132 valence electrons. The average Bonchev–Trinajstić information content (AvgIpc) is 3.35. The molecule has 0 saturated carbocycles. The quantitative estimate of drug-likeness (QED) is 0.767. The average molecular weight is 368 g/mol. The highest BCUT2D eigenvalue weighted by molar-refractivity contribution is 6.33. The molecule has 0 bridgehead atoms. The zero-order valence-electron chi connectivity index (χ0n) is 14.0. The lowest BCUT2D eigenvalue weighted by atomic mass is 10.1. The summed E-state index contributed by atoms with van der Waals surface area (Å²) >= 11 is 6.27. The van der Waals surface area contributed by atoms with Gasteiger partial charge in [-0.15, -0.1) is 10.2 Å². The summed E-state index contributed by atoms with van der Waals surface area (Å²) in [5.74, 6) is -0.0135. The van der Waals surface area contributed by atoms with Gasteiger partial charge in [-0.25, -0.2) is 0 Å². The number of carbonyl (C=O) groups is 1. The van der Waals surface area contributed by atoms with Gasteiger partial charge in [0.15, 0.2) is 0 Å². The third kappa shape index (κ3) is 3.41. The van der Waals surface area contributed by atoms with Crippen LogP contribution in [0.2, 0.25) is 5.02 Å². The van der Waals surface area contributed by atoms with Crippen LogP contribution in [0.4, 0.5) is 11.4 Å². The second-order valence-electron chi connectivity index (χ2n) is 6.29. The van der Waals surface area contributed by atoms with Gasteiger partial charge in [0.2, 0.25) is 5.91 Å². The van der Waals surface area contributed by atoms with Crippen molar-refractivity contribution in [1.82, 2.24) is 14.8 Å². The molecule has 4 rings (SSSR count). The molecule has 3 aromatic rings. The minimum atomic E-state index is -0.0520. The number of para-hydroxylation sites is 1. The molecule has 2 heterocycles. The fraction of sp³-hybridized carbons (Fsp3) is 0.211. The molecule has 2 aromatic carbocycles. The predicted molar refractivity (Wildman–Crippen MR) is 102 cm³/mol. The van der Waals surface area contributed by atoms with E-state index < -0.39 is 0 Å². The molecule has 1 saturated heterocycles. The largest absolute Gasteiger partial charge is 0.370 e.